The number of hydrogen-bond acceptors (Lipinski definition) is 6. The molecule has 30 heavy (non-hydrogen) atoms. The molecule has 3 aromatic rings. The summed E-state index contributed by atoms with van der Waals surface area (Å²) in [6.07, 6.45) is 1.51. The topological polar surface area (TPSA) is 58.0 Å². The Balaban J connectivity index is 1.75. The second-order valence-corrected chi connectivity index (χ2v) is 8.81. The third-order valence-electron chi connectivity index (χ3n) is 5.49. The van der Waals surface area contributed by atoms with Crippen LogP contribution in [0.15, 0.2) is 53.1 Å². The first-order chi connectivity index (χ1) is 14.6. The Morgan fingerprint density at radius 1 is 1.13 bits per heavy atom. The number of aryl methyl sites for hydroxylation is 1. The first kappa shape index (κ1) is 20.7. The van der Waals surface area contributed by atoms with Gasteiger partial charge < -0.3 is 19.4 Å². The van der Waals surface area contributed by atoms with Crippen molar-refractivity contribution in [3.63, 3.8) is 0 Å². The number of ether oxygens (including phenoxy) is 1. The smallest absolute Gasteiger partial charge is 0.291 e. The molecule has 1 fully saturated rings. The maximum absolute atomic E-state index is 12.7. The van der Waals surface area contributed by atoms with Gasteiger partial charge >= 0.3 is 0 Å². The summed E-state index contributed by atoms with van der Waals surface area (Å²) in [5, 5.41) is 3.93. The van der Waals surface area contributed by atoms with Crippen molar-refractivity contribution in [2.24, 2.45) is 0 Å². The second-order valence-electron chi connectivity index (χ2n) is 7.56. The quantitative estimate of drug-likeness (QED) is 0.640. The lowest BCUT2D eigenvalue weighted by Crippen LogP contribution is -2.46. The number of furan rings is 1. The molecule has 1 aliphatic rings. The number of para-hydroxylation sites is 1. The van der Waals surface area contributed by atoms with Gasteiger partial charge in [0.15, 0.2) is 5.76 Å². The molecule has 0 saturated carbocycles. The monoisotopic (exact) mass is 425 g/mol. The maximum atomic E-state index is 12.7. The van der Waals surface area contributed by atoms with E-state index in [0.29, 0.717) is 5.76 Å². The van der Waals surface area contributed by atoms with Crippen molar-refractivity contribution in [2.75, 3.05) is 45.7 Å². The number of hydrogen-bond donors (Lipinski definition) is 1. The van der Waals surface area contributed by atoms with Gasteiger partial charge in [0.1, 0.15) is 10.8 Å². The molecule has 4 rings (SSSR count). The molecule has 2 aromatic heterocycles. The van der Waals surface area contributed by atoms with Crippen LogP contribution in [0, 0.1) is 6.92 Å². The minimum atomic E-state index is -0.236. The SMILES string of the molecule is COc1ccccc1[C@H](c1cc(C)sc1NC(=O)c1ccco1)N1CCN(C)CC1. The number of anilines is 1. The Kier molecular flexibility index (Phi) is 6.22. The zero-order valence-electron chi connectivity index (χ0n) is 17.6. The zero-order valence-corrected chi connectivity index (χ0v) is 18.4. The summed E-state index contributed by atoms with van der Waals surface area (Å²) < 4.78 is 11.0. The van der Waals surface area contributed by atoms with E-state index in [0.717, 1.165) is 52.9 Å². The Bertz CT molecular complexity index is 991. The van der Waals surface area contributed by atoms with Gasteiger partial charge in [-0.1, -0.05) is 18.2 Å². The standard InChI is InChI=1S/C23H27N3O3S/c1-16-15-18(23(30-16)24-22(27)20-9-6-14-29-20)21(26-12-10-25(2)11-13-26)17-7-4-5-8-19(17)28-3/h4-9,14-15,21H,10-13H2,1-3H3,(H,24,27)/t21-/m1/s1. The maximum Gasteiger partial charge on any atom is 0.291 e. The number of carbonyl (C=O) groups is 1. The highest BCUT2D eigenvalue weighted by atomic mass is 32.1. The molecule has 1 atom stereocenters. The molecule has 0 radical (unpaired) electrons. The van der Waals surface area contributed by atoms with Crippen molar-refractivity contribution in [3.8, 4) is 5.75 Å². The van der Waals surface area contributed by atoms with Crippen LogP contribution in [0.5, 0.6) is 5.75 Å². The highest BCUT2D eigenvalue weighted by Gasteiger charge is 2.31. The van der Waals surface area contributed by atoms with E-state index < -0.39 is 0 Å². The van der Waals surface area contributed by atoms with Gasteiger partial charge in [0.05, 0.1) is 19.4 Å². The molecule has 0 aliphatic carbocycles. The van der Waals surface area contributed by atoms with Gasteiger partial charge in [-0.25, -0.2) is 0 Å². The molecular formula is C23H27N3O3S. The molecule has 6 nitrogen and oxygen atoms in total. The molecule has 1 aromatic carbocycles. The number of rotatable bonds is 6. The summed E-state index contributed by atoms with van der Waals surface area (Å²) in [6, 6.07) is 13.7. The van der Waals surface area contributed by atoms with Crippen LogP contribution in [0.2, 0.25) is 0 Å². The number of nitrogens with zero attached hydrogens (tertiary/aromatic N) is 2. The predicted molar refractivity (Wildman–Crippen MR) is 120 cm³/mol. The lowest BCUT2D eigenvalue weighted by Gasteiger charge is -2.38. The molecule has 158 valence electrons. The van der Waals surface area contributed by atoms with Crippen molar-refractivity contribution < 1.29 is 13.9 Å². The minimum Gasteiger partial charge on any atom is -0.496 e. The largest absolute Gasteiger partial charge is 0.496 e. The van der Waals surface area contributed by atoms with Gasteiger partial charge in [0.2, 0.25) is 0 Å². The molecule has 1 aliphatic heterocycles. The minimum absolute atomic E-state index is 0.00768. The third-order valence-corrected chi connectivity index (χ3v) is 6.47. The van der Waals surface area contributed by atoms with E-state index in [4.69, 9.17) is 9.15 Å². The Hall–Kier alpha value is -2.61. The van der Waals surface area contributed by atoms with Gasteiger partial charge in [-0.3, -0.25) is 9.69 Å². The van der Waals surface area contributed by atoms with Gasteiger partial charge in [0, 0.05) is 42.2 Å². The normalized spacial score (nSPS) is 16.4. The summed E-state index contributed by atoms with van der Waals surface area (Å²) in [5.74, 6) is 0.925. The van der Waals surface area contributed by atoms with Crippen LogP contribution in [-0.4, -0.2) is 56.0 Å². The molecule has 0 unspecified atom stereocenters. The van der Waals surface area contributed by atoms with Gasteiger partial charge in [-0.2, -0.15) is 0 Å². The highest BCUT2D eigenvalue weighted by molar-refractivity contribution is 7.16. The summed E-state index contributed by atoms with van der Waals surface area (Å²) in [5.41, 5.74) is 2.20. The molecule has 0 spiro atoms. The summed E-state index contributed by atoms with van der Waals surface area (Å²) in [4.78, 5) is 18.7. The van der Waals surface area contributed by atoms with Crippen molar-refractivity contribution in [3.05, 3.63) is 70.5 Å². The van der Waals surface area contributed by atoms with E-state index in [1.165, 1.54) is 6.26 Å². The van der Waals surface area contributed by atoms with E-state index in [-0.39, 0.29) is 11.9 Å². The fourth-order valence-corrected chi connectivity index (χ4v) is 4.88. The van der Waals surface area contributed by atoms with Crippen molar-refractivity contribution >= 4 is 22.2 Å². The molecule has 0 bridgehead atoms. The Morgan fingerprint density at radius 3 is 2.60 bits per heavy atom. The van der Waals surface area contributed by atoms with E-state index >= 15 is 0 Å². The Morgan fingerprint density at radius 2 is 1.90 bits per heavy atom. The lowest BCUT2D eigenvalue weighted by molar-refractivity contribution is 0.0996. The van der Waals surface area contributed by atoms with E-state index in [9.17, 15) is 4.79 Å². The first-order valence-corrected chi connectivity index (χ1v) is 10.9. The van der Waals surface area contributed by atoms with Crippen molar-refractivity contribution in [1.82, 2.24) is 9.80 Å². The molecule has 3 heterocycles. The van der Waals surface area contributed by atoms with Crippen molar-refractivity contribution in [1.29, 1.82) is 0 Å². The number of nitrogens with one attached hydrogen (secondary N) is 1. The molecule has 1 amide bonds. The fourth-order valence-electron chi connectivity index (χ4n) is 3.94. The third kappa shape index (κ3) is 4.28. The van der Waals surface area contributed by atoms with Crippen LogP contribution >= 0.6 is 11.3 Å². The number of piperazine rings is 1. The van der Waals surface area contributed by atoms with Gasteiger partial charge in [-0.05, 0) is 38.2 Å². The van der Waals surface area contributed by atoms with Gasteiger partial charge in [0.25, 0.3) is 5.91 Å². The summed E-state index contributed by atoms with van der Waals surface area (Å²) >= 11 is 1.59. The van der Waals surface area contributed by atoms with Gasteiger partial charge in [-0.15, -0.1) is 11.3 Å². The number of carbonyl (C=O) groups excluding carboxylic acids is 1. The first-order valence-electron chi connectivity index (χ1n) is 10.1. The highest BCUT2D eigenvalue weighted by Crippen LogP contribution is 2.42. The summed E-state index contributed by atoms with van der Waals surface area (Å²) in [6.45, 7) is 5.96. The average molecular weight is 426 g/mol. The second kappa shape index (κ2) is 9.04. The number of amides is 1. The Labute approximate surface area is 181 Å². The van der Waals surface area contributed by atoms with Crippen LogP contribution in [-0.2, 0) is 0 Å². The number of likely N-dealkylation sites (N-methyl/N-ethyl adjacent to an activating group) is 1. The molecule has 7 heteroatoms. The lowest BCUT2D eigenvalue weighted by atomic mass is 9.96. The summed E-state index contributed by atoms with van der Waals surface area (Å²) in [7, 11) is 3.86. The number of benzene rings is 1. The zero-order chi connectivity index (χ0) is 21.1. The van der Waals surface area contributed by atoms with Crippen LogP contribution in [0.25, 0.3) is 0 Å². The molecular weight excluding hydrogens is 398 g/mol. The van der Waals surface area contributed by atoms with Crippen LogP contribution in [0.3, 0.4) is 0 Å². The predicted octanol–water partition coefficient (Wildman–Crippen LogP) is 4.25. The molecule has 1 N–H and O–H groups in total. The van der Waals surface area contributed by atoms with E-state index in [2.05, 4.69) is 41.2 Å². The fraction of sp³-hybridized carbons (Fsp3) is 0.348. The molecule has 1 saturated heterocycles. The van der Waals surface area contributed by atoms with E-state index in [1.807, 2.05) is 18.2 Å². The van der Waals surface area contributed by atoms with E-state index in [1.54, 1.807) is 30.6 Å². The average Bonchev–Trinajstić information content (AvgIpc) is 3.40. The van der Waals surface area contributed by atoms with Crippen molar-refractivity contribution in [2.45, 2.75) is 13.0 Å². The number of methoxy groups -OCH3 is 1. The van der Waals surface area contributed by atoms with Crippen LogP contribution in [0.4, 0.5) is 5.00 Å². The van der Waals surface area contributed by atoms with Crippen LogP contribution < -0.4 is 10.1 Å². The van der Waals surface area contributed by atoms with Crippen LogP contribution in [0.1, 0.15) is 32.6 Å². The number of thiophene rings is 1.